The first-order valence-corrected chi connectivity index (χ1v) is 20.8. The Labute approximate surface area is 343 Å². The van der Waals surface area contributed by atoms with Crippen LogP contribution in [0.5, 0.6) is 0 Å². The summed E-state index contributed by atoms with van der Waals surface area (Å²) in [6, 6.07) is 18.3. The second kappa shape index (κ2) is 23.5. The highest BCUT2D eigenvalue weighted by atomic mass is 127. The van der Waals surface area contributed by atoms with Gasteiger partial charge in [0.2, 0.25) is 5.91 Å². The first-order valence-electron chi connectivity index (χ1n) is 18.4. The van der Waals surface area contributed by atoms with Crippen molar-refractivity contribution in [3.63, 3.8) is 0 Å². The first-order chi connectivity index (χ1) is 26.1. The number of benzene rings is 2. The average molecular weight is 892 g/mol. The number of carbonyl (C=O) groups excluding carboxylic acids is 3. The Morgan fingerprint density at radius 1 is 0.963 bits per heavy atom. The minimum atomic E-state index is -0.767. The lowest BCUT2D eigenvalue weighted by molar-refractivity contribution is -0.124. The number of hydrogen-bond donors (Lipinski definition) is 5. The smallest absolute Gasteiger partial charge is 0.407 e. The van der Waals surface area contributed by atoms with Crippen LogP contribution < -0.4 is 19.5 Å². The molecule has 0 spiro atoms. The number of amides is 4. The van der Waals surface area contributed by atoms with E-state index in [-0.39, 0.29) is 30.6 Å². The number of alkyl carbamates (subject to hydrolysis) is 1. The van der Waals surface area contributed by atoms with Crippen LogP contribution in [0.2, 0.25) is 0 Å². The topological polar surface area (TPSA) is 137 Å². The lowest BCUT2D eigenvalue weighted by atomic mass is 9.95. The van der Waals surface area contributed by atoms with Gasteiger partial charge in [-0.1, -0.05) is 74.5 Å². The molecule has 15 heteroatoms. The summed E-state index contributed by atoms with van der Waals surface area (Å²) in [5.74, 6) is 0.0654. The van der Waals surface area contributed by atoms with Crippen molar-refractivity contribution in [2.24, 2.45) is 0 Å². The molecular formula is C39H54IN7O5S2. The molecule has 1 aromatic heterocycles. The monoisotopic (exact) mass is 891 g/mol. The highest BCUT2D eigenvalue weighted by Crippen LogP contribution is 2.20. The van der Waals surface area contributed by atoms with Crippen LogP contribution in [0.1, 0.15) is 60.9 Å². The van der Waals surface area contributed by atoms with Crippen molar-refractivity contribution in [3.8, 4) is 0 Å². The molecule has 54 heavy (non-hydrogen) atoms. The Hall–Kier alpha value is -3.38. The van der Waals surface area contributed by atoms with E-state index in [2.05, 4.69) is 55.8 Å². The van der Waals surface area contributed by atoms with Gasteiger partial charge in [0.05, 0.1) is 53.3 Å². The Morgan fingerprint density at radius 2 is 1.57 bits per heavy atom. The van der Waals surface area contributed by atoms with Crippen molar-refractivity contribution in [2.75, 3.05) is 46.5 Å². The summed E-state index contributed by atoms with van der Waals surface area (Å²) in [5.41, 5.74) is 2.97. The van der Waals surface area contributed by atoms with Crippen molar-refractivity contribution in [2.45, 2.75) is 76.5 Å². The van der Waals surface area contributed by atoms with Gasteiger partial charge in [-0.3, -0.25) is 9.69 Å². The van der Waals surface area contributed by atoms with Gasteiger partial charge in [-0.05, 0) is 43.2 Å². The molecule has 0 bridgehead atoms. The van der Waals surface area contributed by atoms with Crippen LogP contribution in [-0.4, -0.2) is 97.4 Å². The van der Waals surface area contributed by atoms with Crippen molar-refractivity contribution in [3.05, 3.63) is 99.0 Å². The number of thiazole rings is 1. The number of urea groups is 1. The Morgan fingerprint density at radius 3 is 2.15 bits per heavy atom. The molecule has 3 atom stereocenters. The first kappa shape index (κ1) is 43.3. The van der Waals surface area contributed by atoms with E-state index in [0.717, 1.165) is 34.9 Å². The van der Waals surface area contributed by atoms with Gasteiger partial charge in [0.15, 0.2) is 0 Å². The maximum absolute atomic E-state index is 14.2. The van der Waals surface area contributed by atoms with Crippen LogP contribution in [0.25, 0.3) is 0 Å². The number of nitrogens with one attached hydrogen (secondary N) is 4. The molecule has 1 aliphatic heterocycles. The summed E-state index contributed by atoms with van der Waals surface area (Å²) < 4.78 is 13.8. The third-order valence-corrected chi connectivity index (χ3v) is 10.8. The summed E-state index contributed by atoms with van der Waals surface area (Å²) in [5, 5.41) is 12.4. The van der Waals surface area contributed by atoms with Gasteiger partial charge in [0.1, 0.15) is 12.6 Å². The second-order valence-electron chi connectivity index (χ2n) is 13.8. The molecule has 0 aliphatic carbocycles. The zero-order valence-electron chi connectivity index (χ0n) is 31.3. The van der Waals surface area contributed by atoms with Gasteiger partial charge in [-0.15, -0.1) is 24.0 Å². The Balaban J connectivity index is 1.48. The largest absolute Gasteiger partial charge is 0.444 e. The zero-order valence-corrected chi connectivity index (χ0v) is 35.2. The number of hydrogen-bond acceptors (Lipinski definition) is 10. The van der Waals surface area contributed by atoms with Gasteiger partial charge in [0, 0.05) is 61.2 Å². The van der Waals surface area contributed by atoms with Gasteiger partial charge in [-0.25, -0.2) is 14.6 Å². The standard InChI is InChI=1S/C39H54IN7O5S2/c1-28(2)37-43-33(27-54-37)25-46(3)38(49)45-35(16-17-47-18-20-51-21-19-47)36(48)42-31(22-29-10-6-4-7-11-29)14-15-32(23-30-12-8-5-9-13-30)44-39(50)52-26-34(53)24-41-40/h4-13,24,27-28,31-32,35,41,53H,14-23,25-26H2,1-3H3,(H,42,48)(H,44,50)(H,45,49)/b34-24-/t31-,32-,35+/m1/s1. The van der Waals surface area contributed by atoms with Crippen LogP contribution in [0.3, 0.4) is 0 Å². The minimum Gasteiger partial charge on any atom is -0.444 e. The fraction of sp³-hybridized carbons (Fsp3) is 0.487. The summed E-state index contributed by atoms with van der Waals surface area (Å²) in [6.45, 7) is 8.04. The quantitative estimate of drug-likeness (QED) is 0.0526. The number of thiol groups is 1. The molecule has 1 fully saturated rings. The number of morpholine rings is 1. The molecule has 4 rings (SSSR count). The van der Waals surface area contributed by atoms with E-state index in [4.69, 9.17) is 9.47 Å². The molecule has 1 saturated heterocycles. The fourth-order valence-electron chi connectivity index (χ4n) is 6.04. The van der Waals surface area contributed by atoms with Crippen molar-refractivity contribution < 1.29 is 23.9 Å². The molecule has 0 radical (unpaired) electrons. The Kier molecular flexibility index (Phi) is 18.9. The minimum absolute atomic E-state index is 0.0329. The third-order valence-electron chi connectivity index (χ3n) is 9.02. The zero-order chi connectivity index (χ0) is 38.7. The molecular weight excluding hydrogens is 838 g/mol. The maximum atomic E-state index is 14.2. The summed E-state index contributed by atoms with van der Waals surface area (Å²) in [7, 11) is 1.72. The van der Waals surface area contributed by atoms with E-state index in [1.165, 1.54) is 0 Å². The number of rotatable bonds is 20. The van der Waals surface area contributed by atoms with Crippen LogP contribution in [0, 0.1) is 0 Å². The number of aromatic nitrogens is 1. The molecule has 1 aliphatic rings. The predicted octanol–water partition coefficient (Wildman–Crippen LogP) is 6.05. The molecule has 0 unspecified atom stereocenters. The molecule has 12 nitrogen and oxygen atoms in total. The Bertz CT molecular complexity index is 1610. The van der Waals surface area contributed by atoms with Crippen molar-refractivity contribution in [1.29, 1.82) is 0 Å². The third kappa shape index (κ3) is 15.8. The molecule has 294 valence electrons. The molecule has 0 saturated carbocycles. The highest BCUT2D eigenvalue weighted by Gasteiger charge is 2.27. The lowest BCUT2D eigenvalue weighted by Gasteiger charge is -2.30. The van der Waals surface area contributed by atoms with E-state index >= 15 is 0 Å². The lowest BCUT2D eigenvalue weighted by Crippen LogP contribution is -2.54. The summed E-state index contributed by atoms with van der Waals surface area (Å²) in [4.78, 5) is 49.8. The summed E-state index contributed by atoms with van der Waals surface area (Å²) in [6.07, 6.45) is 3.85. The molecule has 4 N–H and O–H groups in total. The highest BCUT2D eigenvalue weighted by molar-refractivity contribution is 14.1. The van der Waals surface area contributed by atoms with Gasteiger partial charge in [0.25, 0.3) is 0 Å². The van der Waals surface area contributed by atoms with Crippen LogP contribution in [-0.2, 0) is 33.7 Å². The average Bonchev–Trinajstić information content (AvgIpc) is 3.64. The predicted molar refractivity (Wildman–Crippen MR) is 226 cm³/mol. The fourth-order valence-corrected chi connectivity index (χ4v) is 7.62. The summed E-state index contributed by atoms with van der Waals surface area (Å²) >= 11 is 7.89. The number of halogens is 1. The van der Waals surface area contributed by atoms with Crippen molar-refractivity contribution >= 4 is 64.9 Å². The molecule has 4 amide bonds. The van der Waals surface area contributed by atoms with E-state index in [0.29, 0.717) is 69.2 Å². The number of ether oxygens (including phenoxy) is 2. The SMILES string of the molecule is CC(C)c1nc(CN(C)C(=O)N[C@@H](CCN2CCOCC2)C(=O)N[C@H](CC[C@H](Cc2ccccc2)NC(=O)OC/C(S)=C/NI)Cc2ccccc2)cs1. The molecule has 3 aromatic rings. The number of carbonyl (C=O) groups is 3. The van der Waals surface area contributed by atoms with E-state index in [9.17, 15) is 14.4 Å². The number of nitrogens with zero attached hydrogens (tertiary/aromatic N) is 3. The molecule has 2 heterocycles. The van der Waals surface area contributed by atoms with E-state index < -0.39 is 12.1 Å². The van der Waals surface area contributed by atoms with Crippen LogP contribution in [0.15, 0.2) is 77.1 Å². The molecule has 2 aromatic carbocycles. The van der Waals surface area contributed by atoms with Gasteiger partial charge in [-0.2, -0.15) is 0 Å². The van der Waals surface area contributed by atoms with E-state index in [1.54, 1.807) is 29.5 Å². The van der Waals surface area contributed by atoms with Gasteiger partial charge < -0.3 is 33.9 Å². The van der Waals surface area contributed by atoms with Crippen LogP contribution >= 0.6 is 46.8 Å². The normalized spacial score (nSPS) is 15.2. The maximum Gasteiger partial charge on any atom is 0.407 e. The van der Waals surface area contributed by atoms with Crippen molar-refractivity contribution in [1.82, 2.24) is 34.3 Å². The van der Waals surface area contributed by atoms with Crippen LogP contribution in [0.4, 0.5) is 9.59 Å². The van der Waals surface area contributed by atoms with Gasteiger partial charge >= 0.3 is 12.1 Å². The van der Waals surface area contributed by atoms with E-state index in [1.807, 2.05) is 88.9 Å². The second-order valence-corrected chi connectivity index (χ2v) is 15.8.